The molecular formula is C15H17F3N2. The number of nitrogens with one attached hydrogen (secondary N) is 1. The van der Waals surface area contributed by atoms with Gasteiger partial charge < -0.3 is 5.32 Å². The van der Waals surface area contributed by atoms with Crippen LogP contribution in [-0.4, -0.2) is 17.7 Å². The predicted molar refractivity (Wildman–Crippen MR) is 73.4 cm³/mol. The van der Waals surface area contributed by atoms with Gasteiger partial charge in [0.2, 0.25) is 0 Å². The van der Waals surface area contributed by atoms with Crippen molar-refractivity contribution in [3.8, 4) is 0 Å². The number of nitrogens with zero attached hydrogens (tertiary/aromatic N) is 1. The van der Waals surface area contributed by atoms with Crippen molar-refractivity contribution in [3.05, 3.63) is 42.1 Å². The Morgan fingerprint density at radius 1 is 1.20 bits per heavy atom. The Kier molecular flexibility index (Phi) is 4.60. The summed E-state index contributed by atoms with van der Waals surface area (Å²) in [5.74, 6) is 0. The molecule has 0 fully saturated rings. The molecule has 0 spiro atoms. The summed E-state index contributed by atoms with van der Waals surface area (Å²) in [6.45, 7) is 2.52. The highest BCUT2D eigenvalue weighted by Crippen LogP contribution is 2.30. The maximum absolute atomic E-state index is 12.4. The molecule has 0 aliphatic heterocycles. The monoisotopic (exact) mass is 282 g/mol. The SMILES string of the molecule is CCNC(CCC(F)(F)F)c1cccc2ncccc12. The van der Waals surface area contributed by atoms with Crippen molar-refractivity contribution in [3.63, 3.8) is 0 Å². The average Bonchev–Trinajstić information content (AvgIpc) is 2.42. The maximum Gasteiger partial charge on any atom is 0.389 e. The molecule has 1 unspecified atom stereocenters. The molecule has 2 rings (SSSR count). The van der Waals surface area contributed by atoms with E-state index < -0.39 is 12.6 Å². The van der Waals surface area contributed by atoms with E-state index >= 15 is 0 Å². The number of pyridine rings is 1. The van der Waals surface area contributed by atoms with Gasteiger partial charge in [0, 0.05) is 24.0 Å². The first-order valence-corrected chi connectivity index (χ1v) is 6.65. The lowest BCUT2D eigenvalue weighted by Crippen LogP contribution is -2.23. The second-order valence-electron chi connectivity index (χ2n) is 4.68. The van der Waals surface area contributed by atoms with Crippen LogP contribution >= 0.6 is 0 Å². The van der Waals surface area contributed by atoms with Crippen molar-refractivity contribution >= 4 is 10.9 Å². The number of alkyl halides is 3. The third-order valence-corrected chi connectivity index (χ3v) is 3.22. The maximum atomic E-state index is 12.4. The molecule has 2 aromatic rings. The second kappa shape index (κ2) is 6.22. The summed E-state index contributed by atoms with van der Waals surface area (Å²) in [7, 11) is 0. The Balaban J connectivity index is 2.31. The minimum Gasteiger partial charge on any atom is -0.310 e. The summed E-state index contributed by atoms with van der Waals surface area (Å²) in [5, 5.41) is 4.04. The molecule has 0 aliphatic carbocycles. The molecule has 0 saturated carbocycles. The molecule has 20 heavy (non-hydrogen) atoms. The number of aromatic nitrogens is 1. The lowest BCUT2D eigenvalue weighted by atomic mass is 9.97. The summed E-state index contributed by atoms with van der Waals surface area (Å²) >= 11 is 0. The molecule has 1 atom stereocenters. The predicted octanol–water partition coefficient (Wildman–Crippen LogP) is 4.23. The van der Waals surface area contributed by atoms with E-state index in [0.29, 0.717) is 6.54 Å². The molecule has 0 radical (unpaired) electrons. The molecule has 1 heterocycles. The van der Waals surface area contributed by atoms with Crippen LogP contribution in [0.5, 0.6) is 0 Å². The average molecular weight is 282 g/mol. The Hall–Kier alpha value is -1.62. The van der Waals surface area contributed by atoms with Crippen LogP contribution in [0.4, 0.5) is 13.2 Å². The molecule has 5 heteroatoms. The second-order valence-corrected chi connectivity index (χ2v) is 4.68. The lowest BCUT2D eigenvalue weighted by Gasteiger charge is -2.20. The first-order chi connectivity index (χ1) is 9.51. The minimum absolute atomic E-state index is 0.0331. The molecule has 1 aromatic carbocycles. The van der Waals surface area contributed by atoms with E-state index in [4.69, 9.17) is 0 Å². The minimum atomic E-state index is -4.13. The highest BCUT2D eigenvalue weighted by Gasteiger charge is 2.28. The van der Waals surface area contributed by atoms with Gasteiger partial charge in [-0.3, -0.25) is 4.98 Å². The van der Waals surface area contributed by atoms with E-state index in [-0.39, 0.29) is 12.5 Å². The summed E-state index contributed by atoms with van der Waals surface area (Å²) in [6, 6.07) is 8.96. The molecule has 1 N–H and O–H groups in total. The summed E-state index contributed by atoms with van der Waals surface area (Å²) < 4.78 is 37.3. The van der Waals surface area contributed by atoms with E-state index in [1.54, 1.807) is 12.3 Å². The highest BCUT2D eigenvalue weighted by molar-refractivity contribution is 5.82. The van der Waals surface area contributed by atoms with Crippen LogP contribution in [0.15, 0.2) is 36.5 Å². The van der Waals surface area contributed by atoms with Crippen LogP contribution in [0.3, 0.4) is 0 Å². The largest absolute Gasteiger partial charge is 0.389 e. The zero-order chi connectivity index (χ0) is 14.6. The van der Waals surface area contributed by atoms with E-state index in [9.17, 15) is 13.2 Å². The summed E-state index contributed by atoms with van der Waals surface area (Å²) in [6.07, 6.45) is -3.20. The van der Waals surface area contributed by atoms with Crippen molar-refractivity contribution in [2.45, 2.75) is 32.0 Å². The van der Waals surface area contributed by atoms with Gasteiger partial charge in [0.1, 0.15) is 0 Å². The van der Waals surface area contributed by atoms with Crippen molar-refractivity contribution in [2.24, 2.45) is 0 Å². The number of hydrogen-bond donors (Lipinski definition) is 1. The highest BCUT2D eigenvalue weighted by atomic mass is 19.4. The fourth-order valence-corrected chi connectivity index (χ4v) is 2.35. The fourth-order valence-electron chi connectivity index (χ4n) is 2.35. The number of hydrogen-bond acceptors (Lipinski definition) is 2. The fraction of sp³-hybridized carbons (Fsp3) is 0.400. The van der Waals surface area contributed by atoms with Gasteiger partial charge in [-0.25, -0.2) is 0 Å². The zero-order valence-electron chi connectivity index (χ0n) is 11.2. The van der Waals surface area contributed by atoms with Gasteiger partial charge >= 0.3 is 6.18 Å². The van der Waals surface area contributed by atoms with Crippen LogP contribution in [0, 0.1) is 0 Å². The van der Waals surface area contributed by atoms with E-state index in [2.05, 4.69) is 10.3 Å². The van der Waals surface area contributed by atoms with Gasteiger partial charge in [0.05, 0.1) is 5.52 Å². The summed E-state index contributed by atoms with van der Waals surface area (Å²) in [5.41, 5.74) is 1.68. The normalized spacial score (nSPS) is 13.6. The van der Waals surface area contributed by atoms with Gasteiger partial charge in [-0.1, -0.05) is 25.1 Å². The number of fused-ring (bicyclic) bond motifs is 1. The van der Waals surface area contributed by atoms with Crippen LogP contribution < -0.4 is 5.32 Å². The van der Waals surface area contributed by atoms with Crippen LogP contribution in [0.25, 0.3) is 10.9 Å². The van der Waals surface area contributed by atoms with E-state index in [0.717, 1.165) is 16.5 Å². The Morgan fingerprint density at radius 2 is 2.00 bits per heavy atom. The molecule has 2 nitrogen and oxygen atoms in total. The zero-order valence-corrected chi connectivity index (χ0v) is 11.2. The number of rotatable bonds is 5. The first kappa shape index (κ1) is 14.8. The topological polar surface area (TPSA) is 24.9 Å². The van der Waals surface area contributed by atoms with Gasteiger partial charge in [0.25, 0.3) is 0 Å². The Bertz CT molecular complexity index is 561. The van der Waals surface area contributed by atoms with Gasteiger partial charge in [0.15, 0.2) is 0 Å². The summed E-state index contributed by atoms with van der Waals surface area (Å²) in [4.78, 5) is 4.24. The van der Waals surface area contributed by atoms with Crippen LogP contribution in [0.2, 0.25) is 0 Å². The van der Waals surface area contributed by atoms with Crippen LogP contribution in [-0.2, 0) is 0 Å². The van der Waals surface area contributed by atoms with Crippen molar-refractivity contribution in [1.82, 2.24) is 10.3 Å². The van der Waals surface area contributed by atoms with Crippen molar-refractivity contribution in [2.75, 3.05) is 6.54 Å². The molecule has 0 bridgehead atoms. The first-order valence-electron chi connectivity index (χ1n) is 6.65. The molecular weight excluding hydrogens is 265 g/mol. The van der Waals surface area contributed by atoms with Crippen molar-refractivity contribution < 1.29 is 13.2 Å². The smallest absolute Gasteiger partial charge is 0.310 e. The van der Waals surface area contributed by atoms with Crippen molar-refractivity contribution in [1.29, 1.82) is 0 Å². The lowest BCUT2D eigenvalue weighted by molar-refractivity contribution is -0.136. The van der Waals surface area contributed by atoms with Gasteiger partial charge in [-0.05, 0) is 30.7 Å². The molecule has 0 saturated heterocycles. The van der Waals surface area contributed by atoms with E-state index in [1.165, 1.54) is 0 Å². The third-order valence-electron chi connectivity index (χ3n) is 3.22. The quantitative estimate of drug-likeness (QED) is 0.887. The molecule has 1 aromatic heterocycles. The van der Waals surface area contributed by atoms with Gasteiger partial charge in [-0.2, -0.15) is 13.2 Å². The van der Waals surface area contributed by atoms with Crippen LogP contribution in [0.1, 0.15) is 31.4 Å². The molecule has 0 amide bonds. The Morgan fingerprint density at radius 3 is 2.70 bits per heavy atom. The Labute approximate surface area is 116 Å². The van der Waals surface area contributed by atoms with E-state index in [1.807, 2.05) is 31.2 Å². The van der Waals surface area contributed by atoms with Gasteiger partial charge in [-0.15, -0.1) is 0 Å². The molecule has 108 valence electrons. The third kappa shape index (κ3) is 3.70. The number of halogens is 3. The standard InChI is InChI=1S/C15H17F3N2/c1-2-19-14(8-9-15(16,17)18)11-5-3-7-13-12(11)6-4-10-20-13/h3-7,10,14,19H,2,8-9H2,1H3. The molecule has 0 aliphatic rings. The number of benzene rings is 1.